The predicted molar refractivity (Wildman–Crippen MR) is 8.98 cm³/mol. The summed E-state index contributed by atoms with van der Waals surface area (Å²) in [6.07, 6.45) is 0. The summed E-state index contributed by atoms with van der Waals surface area (Å²) in [5, 5.41) is 0. The molecular weight excluding hydrogens is 162 g/mol. The summed E-state index contributed by atoms with van der Waals surface area (Å²) in [5.74, 6) is 0. The van der Waals surface area contributed by atoms with Crippen LogP contribution < -0.4 is 14.7 Å². The molecular formula is ClO6P. The van der Waals surface area contributed by atoms with Gasteiger partial charge in [-0.15, -0.1) is 0 Å². The molecule has 0 amide bonds. The van der Waals surface area contributed by atoms with Gasteiger partial charge in [0.2, 0.25) is 0 Å². The summed E-state index contributed by atoms with van der Waals surface area (Å²) < 4.78 is 25.0. The van der Waals surface area contributed by atoms with E-state index in [4.69, 9.17) is 27.9 Å². The molecule has 0 aromatic rings. The number of phosphoric acid groups is 1. The zero-order valence-electron chi connectivity index (χ0n) is 3.27. The van der Waals surface area contributed by atoms with Crippen LogP contribution in [0.15, 0.2) is 0 Å². The van der Waals surface area contributed by atoms with Gasteiger partial charge in [-0.25, -0.2) is 0 Å². The van der Waals surface area contributed by atoms with Crippen molar-refractivity contribution >= 4 is 7.82 Å². The summed E-state index contributed by atoms with van der Waals surface area (Å²) in [5.41, 5.74) is 0. The fourth-order valence-electron chi connectivity index (χ4n) is 0. The quantitative estimate of drug-likeness (QED) is 0.349. The van der Waals surface area contributed by atoms with Gasteiger partial charge in [-0.3, -0.25) is 0 Å². The second-order valence-electron chi connectivity index (χ2n) is 0.510. The van der Waals surface area contributed by atoms with Gasteiger partial charge in [0.1, 0.15) is 0 Å². The van der Waals surface area contributed by atoms with Gasteiger partial charge in [-0.2, -0.15) is 7.82 Å². The number of halogens is 1. The Morgan fingerprint density at radius 2 is 1.12 bits per heavy atom. The van der Waals surface area contributed by atoms with Gasteiger partial charge >= 0.3 is 19.2 Å². The van der Waals surface area contributed by atoms with E-state index in [1.807, 2.05) is 0 Å². The van der Waals surface area contributed by atoms with Gasteiger partial charge in [-0.05, 0) is 0 Å². The van der Waals surface area contributed by atoms with Gasteiger partial charge in [-0.1, -0.05) is 0 Å². The second-order valence-corrected chi connectivity index (χ2v) is 1.53. The second kappa shape index (κ2) is 5.14. The summed E-state index contributed by atoms with van der Waals surface area (Å²) in [6, 6.07) is 0. The van der Waals surface area contributed by atoms with E-state index in [0.29, 0.717) is 0 Å². The number of rotatable bonds is 0. The molecule has 0 spiro atoms. The SMILES string of the molecule is O=P([O-])([O-])[O-].O=[Cl+3]=O. The van der Waals surface area contributed by atoms with Gasteiger partial charge in [0, 0.05) is 0 Å². The molecule has 0 aliphatic carbocycles. The van der Waals surface area contributed by atoms with Crippen molar-refractivity contribution in [2.75, 3.05) is 0 Å². The molecule has 0 aromatic carbocycles. The van der Waals surface area contributed by atoms with E-state index < -0.39 is 18.4 Å². The third kappa shape index (κ3) is 21599999999999999285593591162863616. The van der Waals surface area contributed by atoms with Crippen LogP contribution in [0.25, 0.3) is 0 Å². The van der Waals surface area contributed by atoms with Crippen LogP contribution in [0, 0.1) is 10.6 Å². The molecule has 0 saturated carbocycles. The first-order valence-corrected chi connectivity index (χ1v) is 3.12. The minimum absolute atomic E-state index is 0.417. The van der Waals surface area contributed by atoms with E-state index in [-0.39, 0.29) is 0 Å². The van der Waals surface area contributed by atoms with Gasteiger partial charge in [0.15, 0.2) is 0 Å². The Hall–Kier alpha value is -0.0000000000000000833. The molecule has 0 bridgehead atoms. The number of hydrogen-bond acceptors (Lipinski definition) is 6. The molecule has 8 heavy (non-hydrogen) atoms. The van der Waals surface area contributed by atoms with Crippen molar-refractivity contribution in [2.45, 2.75) is 0 Å². The Morgan fingerprint density at radius 3 is 1.12 bits per heavy atom. The molecule has 0 atom stereocenters. The van der Waals surface area contributed by atoms with Gasteiger partial charge in [0.25, 0.3) is 0 Å². The first kappa shape index (κ1) is 10.9. The maximum absolute atomic E-state index is 8.55. The molecule has 8 heteroatoms. The van der Waals surface area contributed by atoms with E-state index in [1.165, 1.54) is 0 Å². The summed E-state index contributed by atoms with van der Waals surface area (Å²) in [6.45, 7) is 0. The van der Waals surface area contributed by atoms with Crippen molar-refractivity contribution in [3.8, 4) is 0 Å². The minimum atomic E-state index is -5.39. The Labute approximate surface area is 47.3 Å². The Balaban J connectivity index is 0. The third-order valence-electron chi connectivity index (χ3n) is 0. The van der Waals surface area contributed by atoms with Crippen molar-refractivity contribution in [3.63, 3.8) is 0 Å². The molecule has 0 aromatic heterocycles. The maximum atomic E-state index is 8.55. The van der Waals surface area contributed by atoms with Crippen molar-refractivity contribution in [1.82, 2.24) is 0 Å². The fourth-order valence-corrected chi connectivity index (χ4v) is 0. The Bertz CT molecular complexity index is 106. The zero-order valence-corrected chi connectivity index (χ0v) is 4.93. The average Bonchev–Trinajstić information content (AvgIpc) is 1.27. The zero-order chi connectivity index (χ0) is 7.21. The van der Waals surface area contributed by atoms with Crippen LogP contribution in [0.5, 0.6) is 0 Å². The van der Waals surface area contributed by atoms with E-state index in [9.17, 15) is 0 Å². The summed E-state index contributed by atoms with van der Waals surface area (Å²) in [7, 11) is -5.81. The normalized spacial score (nSPS) is 8.38. The van der Waals surface area contributed by atoms with E-state index in [0.717, 1.165) is 0 Å². The molecule has 0 fully saturated rings. The van der Waals surface area contributed by atoms with Crippen LogP contribution in [0.3, 0.4) is 0 Å². The van der Waals surface area contributed by atoms with Crippen LogP contribution in [0.4, 0.5) is 0 Å². The molecule has 0 heterocycles. The third-order valence-corrected chi connectivity index (χ3v) is 0. The standard InChI is InChI=1S/ClO2.H3O4P/c2-1-3;1-5(2,3)4/h;(H3,1,2,3,4)/q+3;/p-3. The van der Waals surface area contributed by atoms with Gasteiger partial charge in [0.05, 0.1) is 0 Å². The fraction of sp³-hybridized carbons (Fsp3) is 0. The summed E-state index contributed by atoms with van der Waals surface area (Å²) >= 11 is 0. The Kier molecular flexibility index (Phi) is 7.00. The topological polar surface area (TPSA) is 120 Å². The predicted octanol–water partition coefficient (Wildman–Crippen LogP) is -3.06. The molecule has 0 saturated heterocycles. The average molecular weight is 162 g/mol. The molecule has 0 unspecified atom stereocenters. The molecule has 0 N–H and O–H groups in total. The Morgan fingerprint density at radius 1 is 1.12 bits per heavy atom. The first-order valence-electron chi connectivity index (χ1n) is 1.04. The monoisotopic (exact) mass is 162 g/mol. The first-order chi connectivity index (χ1) is 3.41. The van der Waals surface area contributed by atoms with Crippen LogP contribution in [-0.2, 0) is 13.2 Å². The molecule has 0 aliphatic rings. The van der Waals surface area contributed by atoms with E-state index in [2.05, 4.69) is 0 Å². The van der Waals surface area contributed by atoms with Gasteiger partial charge < -0.3 is 19.2 Å². The molecule has 48 valence electrons. The van der Waals surface area contributed by atoms with Crippen LogP contribution in [0.1, 0.15) is 0 Å². The van der Waals surface area contributed by atoms with E-state index >= 15 is 0 Å². The van der Waals surface area contributed by atoms with Crippen LogP contribution in [-0.4, -0.2) is 0 Å². The molecule has 0 radical (unpaired) electrons. The summed E-state index contributed by atoms with van der Waals surface area (Å²) in [4.78, 5) is 25.6. The molecule has 0 rings (SSSR count). The van der Waals surface area contributed by atoms with Crippen molar-refractivity contribution in [3.05, 3.63) is 0 Å². The van der Waals surface area contributed by atoms with Crippen molar-refractivity contribution in [2.24, 2.45) is 0 Å². The van der Waals surface area contributed by atoms with Crippen LogP contribution >= 0.6 is 7.82 Å². The van der Waals surface area contributed by atoms with Crippen molar-refractivity contribution < 1.29 is 38.5 Å². The number of hydrogen-bond donors (Lipinski definition) is 0. The van der Waals surface area contributed by atoms with Crippen LogP contribution in [0.2, 0.25) is 0 Å². The molecule has 0 aliphatic heterocycles. The van der Waals surface area contributed by atoms with E-state index in [1.54, 1.807) is 0 Å². The molecule has 6 nitrogen and oxygen atoms in total. The van der Waals surface area contributed by atoms with Crippen molar-refractivity contribution in [1.29, 1.82) is 0 Å².